The van der Waals surface area contributed by atoms with Crippen LogP contribution < -0.4 is 0 Å². The SMILES string of the molecule is CC(C(=O)O)C(O)CCC(=O)O. The molecule has 2 atom stereocenters. The second-order valence-corrected chi connectivity index (χ2v) is 2.63. The van der Waals surface area contributed by atoms with E-state index < -0.39 is 24.0 Å². The first kappa shape index (κ1) is 10.9. The maximum atomic E-state index is 10.3. The highest BCUT2D eigenvalue weighted by Gasteiger charge is 2.21. The first-order valence-electron chi connectivity index (χ1n) is 3.57. The van der Waals surface area contributed by atoms with Gasteiger partial charge in [0, 0.05) is 6.42 Å². The summed E-state index contributed by atoms with van der Waals surface area (Å²) >= 11 is 0. The molecule has 0 aliphatic rings. The van der Waals surface area contributed by atoms with Crippen molar-refractivity contribution < 1.29 is 24.9 Å². The predicted molar refractivity (Wildman–Crippen MR) is 39.7 cm³/mol. The van der Waals surface area contributed by atoms with E-state index in [0.717, 1.165) is 0 Å². The maximum Gasteiger partial charge on any atom is 0.308 e. The summed E-state index contributed by atoms with van der Waals surface area (Å²) in [6.45, 7) is 1.34. The van der Waals surface area contributed by atoms with Crippen LogP contribution in [0.2, 0.25) is 0 Å². The molecule has 3 N–H and O–H groups in total. The molecule has 0 amide bonds. The van der Waals surface area contributed by atoms with Crippen molar-refractivity contribution in [1.82, 2.24) is 0 Å². The second-order valence-electron chi connectivity index (χ2n) is 2.63. The minimum Gasteiger partial charge on any atom is -0.481 e. The van der Waals surface area contributed by atoms with E-state index in [1.807, 2.05) is 0 Å². The van der Waals surface area contributed by atoms with Crippen LogP contribution in [0.15, 0.2) is 0 Å². The monoisotopic (exact) mass is 176 g/mol. The number of aliphatic hydroxyl groups is 1. The first-order valence-corrected chi connectivity index (χ1v) is 3.57. The molecule has 0 saturated carbocycles. The third-order valence-corrected chi connectivity index (χ3v) is 1.62. The molecule has 0 spiro atoms. The molecule has 12 heavy (non-hydrogen) atoms. The van der Waals surface area contributed by atoms with Crippen molar-refractivity contribution in [2.45, 2.75) is 25.9 Å². The van der Waals surface area contributed by atoms with Crippen LogP contribution in [0.25, 0.3) is 0 Å². The average Bonchev–Trinajstić information content (AvgIpc) is 1.98. The summed E-state index contributed by atoms with van der Waals surface area (Å²) in [4.78, 5) is 20.3. The van der Waals surface area contributed by atoms with Gasteiger partial charge in [0.1, 0.15) is 0 Å². The summed E-state index contributed by atoms with van der Waals surface area (Å²) in [5.41, 5.74) is 0. The van der Waals surface area contributed by atoms with Gasteiger partial charge in [-0.1, -0.05) is 0 Å². The first-order chi connectivity index (χ1) is 5.45. The van der Waals surface area contributed by atoms with Gasteiger partial charge in [0.25, 0.3) is 0 Å². The lowest BCUT2D eigenvalue weighted by Gasteiger charge is -2.12. The van der Waals surface area contributed by atoms with Gasteiger partial charge in [-0.2, -0.15) is 0 Å². The van der Waals surface area contributed by atoms with Gasteiger partial charge in [0.15, 0.2) is 0 Å². The fraction of sp³-hybridized carbons (Fsp3) is 0.714. The van der Waals surface area contributed by atoms with Gasteiger partial charge in [-0.25, -0.2) is 0 Å². The van der Waals surface area contributed by atoms with E-state index in [1.54, 1.807) is 0 Å². The van der Waals surface area contributed by atoms with Crippen LogP contribution >= 0.6 is 0 Å². The number of carbonyl (C=O) groups is 2. The summed E-state index contributed by atoms with van der Waals surface area (Å²) in [6.07, 6.45) is -1.32. The van der Waals surface area contributed by atoms with Crippen molar-refractivity contribution in [2.24, 2.45) is 5.92 Å². The molecule has 0 radical (unpaired) electrons. The molecule has 0 aromatic heterocycles. The van der Waals surface area contributed by atoms with E-state index in [2.05, 4.69) is 0 Å². The maximum absolute atomic E-state index is 10.3. The van der Waals surface area contributed by atoms with Crippen molar-refractivity contribution in [3.8, 4) is 0 Å². The Hall–Kier alpha value is -1.10. The van der Waals surface area contributed by atoms with Crippen molar-refractivity contribution in [3.63, 3.8) is 0 Å². The molecule has 0 bridgehead atoms. The van der Waals surface area contributed by atoms with E-state index in [4.69, 9.17) is 15.3 Å². The Bertz CT molecular complexity index is 177. The van der Waals surface area contributed by atoms with E-state index in [0.29, 0.717) is 0 Å². The van der Waals surface area contributed by atoms with E-state index in [9.17, 15) is 9.59 Å². The van der Waals surface area contributed by atoms with Crippen LogP contribution in [0, 0.1) is 5.92 Å². The molecule has 70 valence electrons. The fourth-order valence-corrected chi connectivity index (χ4v) is 0.686. The number of carboxylic acids is 2. The highest BCUT2D eigenvalue weighted by Crippen LogP contribution is 2.08. The Morgan fingerprint density at radius 3 is 2.17 bits per heavy atom. The van der Waals surface area contributed by atoms with E-state index in [-0.39, 0.29) is 12.8 Å². The molecule has 0 aliphatic heterocycles. The second kappa shape index (κ2) is 4.71. The molecule has 0 aromatic carbocycles. The topological polar surface area (TPSA) is 94.8 Å². The predicted octanol–water partition coefficient (Wildman–Crippen LogP) is -0.0672. The number of carboxylic acid groups (broad SMARTS) is 2. The van der Waals surface area contributed by atoms with Gasteiger partial charge < -0.3 is 15.3 Å². The molecule has 5 nitrogen and oxygen atoms in total. The summed E-state index contributed by atoms with van der Waals surface area (Å²) in [7, 11) is 0. The van der Waals surface area contributed by atoms with Crippen molar-refractivity contribution in [2.75, 3.05) is 0 Å². The smallest absolute Gasteiger partial charge is 0.308 e. The lowest BCUT2D eigenvalue weighted by Crippen LogP contribution is -2.25. The molecular formula is C7H12O5. The zero-order chi connectivity index (χ0) is 9.72. The standard InChI is InChI=1S/C7H12O5/c1-4(7(11)12)5(8)2-3-6(9)10/h4-5,8H,2-3H2,1H3,(H,9,10)(H,11,12). The molecule has 5 heteroatoms. The number of rotatable bonds is 5. The summed E-state index contributed by atoms with van der Waals surface area (Å²) < 4.78 is 0. The Labute approximate surface area is 69.6 Å². The van der Waals surface area contributed by atoms with Crippen LogP contribution in [0.3, 0.4) is 0 Å². The molecule has 0 aliphatic carbocycles. The van der Waals surface area contributed by atoms with Gasteiger partial charge in [-0.05, 0) is 13.3 Å². The normalized spacial score (nSPS) is 15.2. The summed E-state index contributed by atoms with van der Waals surface area (Å²) in [5, 5.41) is 25.7. The lowest BCUT2D eigenvalue weighted by molar-refractivity contribution is -0.146. The summed E-state index contributed by atoms with van der Waals surface area (Å²) in [5.74, 6) is -3.07. The fourth-order valence-electron chi connectivity index (χ4n) is 0.686. The van der Waals surface area contributed by atoms with Crippen LogP contribution in [-0.4, -0.2) is 33.4 Å². The van der Waals surface area contributed by atoms with Crippen LogP contribution in [0.1, 0.15) is 19.8 Å². The van der Waals surface area contributed by atoms with Crippen molar-refractivity contribution in [3.05, 3.63) is 0 Å². The van der Waals surface area contributed by atoms with Crippen LogP contribution in [0.4, 0.5) is 0 Å². The van der Waals surface area contributed by atoms with Crippen LogP contribution in [-0.2, 0) is 9.59 Å². The number of hydrogen-bond acceptors (Lipinski definition) is 3. The zero-order valence-corrected chi connectivity index (χ0v) is 6.73. The molecule has 2 unspecified atom stereocenters. The van der Waals surface area contributed by atoms with Crippen molar-refractivity contribution >= 4 is 11.9 Å². The van der Waals surface area contributed by atoms with E-state index >= 15 is 0 Å². The molecule has 0 fully saturated rings. The molecule has 0 aromatic rings. The molecule has 0 heterocycles. The number of aliphatic hydroxyl groups excluding tert-OH is 1. The lowest BCUT2D eigenvalue weighted by atomic mass is 10.0. The highest BCUT2D eigenvalue weighted by atomic mass is 16.4. The Balaban J connectivity index is 3.79. The average molecular weight is 176 g/mol. The largest absolute Gasteiger partial charge is 0.481 e. The Morgan fingerprint density at radius 2 is 1.83 bits per heavy atom. The minimum absolute atomic E-state index is 0.0250. The molecular weight excluding hydrogens is 164 g/mol. The van der Waals surface area contributed by atoms with E-state index in [1.165, 1.54) is 6.92 Å². The Morgan fingerprint density at radius 1 is 1.33 bits per heavy atom. The number of hydrogen-bond donors (Lipinski definition) is 3. The molecule has 0 rings (SSSR count). The third-order valence-electron chi connectivity index (χ3n) is 1.62. The van der Waals surface area contributed by atoms with Crippen LogP contribution in [0.5, 0.6) is 0 Å². The van der Waals surface area contributed by atoms with Gasteiger partial charge in [0.05, 0.1) is 12.0 Å². The van der Waals surface area contributed by atoms with Gasteiger partial charge in [0.2, 0.25) is 0 Å². The zero-order valence-electron chi connectivity index (χ0n) is 6.73. The quantitative estimate of drug-likeness (QED) is 0.545. The highest BCUT2D eigenvalue weighted by molar-refractivity contribution is 5.70. The third kappa shape index (κ3) is 3.92. The Kier molecular flexibility index (Phi) is 4.28. The molecule has 0 saturated heterocycles. The van der Waals surface area contributed by atoms with Crippen molar-refractivity contribution in [1.29, 1.82) is 0 Å². The number of aliphatic carboxylic acids is 2. The van der Waals surface area contributed by atoms with Gasteiger partial charge in [-0.15, -0.1) is 0 Å². The van der Waals surface area contributed by atoms with Gasteiger partial charge in [-0.3, -0.25) is 9.59 Å². The van der Waals surface area contributed by atoms with Gasteiger partial charge >= 0.3 is 11.9 Å². The summed E-state index contributed by atoms with van der Waals surface area (Å²) in [6, 6.07) is 0. The minimum atomic E-state index is -1.12.